The Kier molecular flexibility index (Phi) is 4.00. The lowest BCUT2D eigenvalue weighted by molar-refractivity contribution is 0.101. The van der Waals surface area contributed by atoms with Crippen LogP contribution < -0.4 is 0 Å². The van der Waals surface area contributed by atoms with Gasteiger partial charge in [-0.15, -0.1) is 0 Å². The van der Waals surface area contributed by atoms with Crippen LogP contribution in [0.4, 0.5) is 13.2 Å². The Morgan fingerprint density at radius 2 is 1.45 bits per heavy atom. The molecule has 106 valence electrons. The van der Waals surface area contributed by atoms with Crippen LogP contribution in [0.2, 0.25) is 10.0 Å². The van der Waals surface area contributed by atoms with Crippen LogP contribution in [-0.4, -0.2) is 5.11 Å². The van der Waals surface area contributed by atoms with Crippen molar-refractivity contribution in [3.8, 4) is 0 Å². The molecule has 0 radical (unpaired) electrons. The Morgan fingerprint density at radius 3 is 2.00 bits per heavy atom. The molecule has 1 unspecified atom stereocenters. The normalized spacial score (nSPS) is 14.2. The van der Waals surface area contributed by atoms with Gasteiger partial charge in [-0.05, 0) is 36.8 Å². The van der Waals surface area contributed by atoms with E-state index in [4.69, 9.17) is 23.2 Å². The molecule has 0 heterocycles. The summed E-state index contributed by atoms with van der Waals surface area (Å²) in [6.45, 7) is 1.26. The molecule has 0 spiro atoms. The molecule has 1 N–H and O–H groups in total. The molecule has 0 saturated heterocycles. The first-order valence-electron chi connectivity index (χ1n) is 5.56. The van der Waals surface area contributed by atoms with Crippen molar-refractivity contribution in [1.29, 1.82) is 0 Å². The molecule has 2 aromatic carbocycles. The molecule has 0 fully saturated rings. The van der Waals surface area contributed by atoms with Crippen LogP contribution in [0.25, 0.3) is 0 Å². The number of benzene rings is 2. The van der Waals surface area contributed by atoms with Crippen LogP contribution in [0, 0.1) is 17.5 Å². The topological polar surface area (TPSA) is 20.2 Å². The van der Waals surface area contributed by atoms with E-state index in [9.17, 15) is 18.3 Å². The standard InChI is InChI=1S/C14H9Cl2F3O/c1-14(20,7-2-8(17)4-9(18)3-7)10-5-13(19)12(16)6-11(10)15/h2-6,20H,1H3. The van der Waals surface area contributed by atoms with Crippen molar-refractivity contribution in [2.75, 3.05) is 0 Å². The predicted octanol–water partition coefficient (Wildman–Crippen LogP) is 4.67. The molecular formula is C14H9Cl2F3O. The Balaban J connectivity index is 2.62. The van der Waals surface area contributed by atoms with E-state index in [1.165, 1.54) is 6.92 Å². The number of hydrogen-bond donors (Lipinski definition) is 1. The Bertz CT molecular complexity index is 651. The first-order chi connectivity index (χ1) is 9.21. The van der Waals surface area contributed by atoms with Gasteiger partial charge in [-0.3, -0.25) is 0 Å². The van der Waals surface area contributed by atoms with E-state index in [1.54, 1.807) is 0 Å². The molecule has 1 atom stereocenters. The van der Waals surface area contributed by atoms with Gasteiger partial charge in [0.15, 0.2) is 0 Å². The highest BCUT2D eigenvalue weighted by Crippen LogP contribution is 2.36. The second kappa shape index (κ2) is 5.28. The second-order valence-corrected chi connectivity index (χ2v) is 5.29. The zero-order valence-corrected chi connectivity index (χ0v) is 11.7. The number of halogens is 5. The minimum Gasteiger partial charge on any atom is -0.381 e. The maximum absolute atomic E-state index is 13.5. The van der Waals surface area contributed by atoms with E-state index >= 15 is 0 Å². The van der Waals surface area contributed by atoms with Gasteiger partial charge in [0, 0.05) is 16.7 Å². The molecular weight excluding hydrogens is 312 g/mol. The summed E-state index contributed by atoms with van der Waals surface area (Å²) in [5.74, 6) is -2.50. The van der Waals surface area contributed by atoms with Gasteiger partial charge in [0.05, 0.1) is 5.02 Å². The van der Waals surface area contributed by atoms with Crippen molar-refractivity contribution < 1.29 is 18.3 Å². The van der Waals surface area contributed by atoms with Crippen molar-refractivity contribution in [2.45, 2.75) is 12.5 Å². The van der Waals surface area contributed by atoms with Gasteiger partial charge in [0.1, 0.15) is 23.1 Å². The molecule has 0 bridgehead atoms. The van der Waals surface area contributed by atoms with Gasteiger partial charge in [0.25, 0.3) is 0 Å². The lowest BCUT2D eigenvalue weighted by Crippen LogP contribution is -2.24. The van der Waals surface area contributed by atoms with Gasteiger partial charge in [-0.2, -0.15) is 0 Å². The quantitative estimate of drug-likeness (QED) is 0.797. The van der Waals surface area contributed by atoms with Crippen LogP contribution in [0.3, 0.4) is 0 Å². The Labute approximate surface area is 123 Å². The predicted molar refractivity (Wildman–Crippen MR) is 71.5 cm³/mol. The van der Waals surface area contributed by atoms with E-state index in [0.717, 1.165) is 24.3 Å². The van der Waals surface area contributed by atoms with Crippen LogP contribution in [-0.2, 0) is 5.60 Å². The SMILES string of the molecule is CC(O)(c1cc(F)cc(F)c1)c1cc(F)c(Cl)cc1Cl. The maximum Gasteiger partial charge on any atom is 0.142 e. The summed E-state index contributed by atoms with van der Waals surface area (Å²) in [6.07, 6.45) is 0. The average Bonchev–Trinajstić information content (AvgIpc) is 2.32. The third-order valence-corrected chi connectivity index (χ3v) is 3.56. The zero-order valence-electron chi connectivity index (χ0n) is 10.2. The van der Waals surface area contributed by atoms with Crippen LogP contribution in [0.15, 0.2) is 30.3 Å². The van der Waals surface area contributed by atoms with Crippen molar-refractivity contribution in [1.82, 2.24) is 0 Å². The van der Waals surface area contributed by atoms with Crippen LogP contribution in [0.1, 0.15) is 18.1 Å². The summed E-state index contributed by atoms with van der Waals surface area (Å²) in [5.41, 5.74) is -1.99. The molecule has 1 nitrogen and oxygen atoms in total. The highest BCUT2D eigenvalue weighted by atomic mass is 35.5. The lowest BCUT2D eigenvalue weighted by Gasteiger charge is -2.26. The molecule has 0 aliphatic heterocycles. The highest BCUT2D eigenvalue weighted by Gasteiger charge is 2.30. The number of hydrogen-bond acceptors (Lipinski definition) is 1. The van der Waals surface area contributed by atoms with E-state index in [0.29, 0.717) is 6.07 Å². The fraction of sp³-hybridized carbons (Fsp3) is 0.143. The van der Waals surface area contributed by atoms with E-state index in [-0.39, 0.29) is 21.2 Å². The molecule has 2 rings (SSSR count). The summed E-state index contributed by atoms with van der Waals surface area (Å²) in [6, 6.07) is 4.63. The summed E-state index contributed by atoms with van der Waals surface area (Å²) in [7, 11) is 0. The lowest BCUT2D eigenvalue weighted by atomic mass is 9.88. The van der Waals surface area contributed by atoms with Crippen molar-refractivity contribution in [3.63, 3.8) is 0 Å². The van der Waals surface area contributed by atoms with E-state index < -0.39 is 23.1 Å². The zero-order chi connectivity index (χ0) is 15.1. The van der Waals surface area contributed by atoms with Gasteiger partial charge < -0.3 is 5.11 Å². The summed E-state index contributed by atoms with van der Waals surface area (Å²) in [5, 5.41) is 10.3. The average molecular weight is 321 g/mol. The van der Waals surface area contributed by atoms with Gasteiger partial charge >= 0.3 is 0 Å². The van der Waals surface area contributed by atoms with Crippen LogP contribution in [0.5, 0.6) is 0 Å². The number of aliphatic hydroxyl groups is 1. The smallest absolute Gasteiger partial charge is 0.142 e. The summed E-state index contributed by atoms with van der Waals surface area (Å²) in [4.78, 5) is 0. The summed E-state index contributed by atoms with van der Waals surface area (Å²) < 4.78 is 40.0. The largest absolute Gasteiger partial charge is 0.381 e. The van der Waals surface area contributed by atoms with E-state index in [1.807, 2.05) is 0 Å². The fourth-order valence-corrected chi connectivity index (χ4v) is 2.45. The van der Waals surface area contributed by atoms with Gasteiger partial charge in [-0.25, -0.2) is 13.2 Å². The first kappa shape index (κ1) is 15.2. The molecule has 0 aromatic heterocycles. The monoisotopic (exact) mass is 320 g/mol. The van der Waals surface area contributed by atoms with Gasteiger partial charge in [-0.1, -0.05) is 23.2 Å². The molecule has 2 aromatic rings. The van der Waals surface area contributed by atoms with Gasteiger partial charge in [0.2, 0.25) is 0 Å². The molecule has 20 heavy (non-hydrogen) atoms. The van der Waals surface area contributed by atoms with Crippen LogP contribution >= 0.6 is 23.2 Å². The second-order valence-electron chi connectivity index (χ2n) is 4.48. The Hall–Kier alpha value is -1.23. The van der Waals surface area contributed by atoms with Crippen molar-refractivity contribution in [3.05, 3.63) is 69.0 Å². The molecule has 0 aliphatic rings. The third-order valence-electron chi connectivity index (χ3n) is 2.96. The van der Waals surface area contributed by atoms with Crippen molar-refractivity contribution >= 4 is 23.2 Å². The maximum atomic E-state index is 13.5. The molecule has 0 saturated carbocycles. The fourth-order valence-electron chi connectivity index (χ4n) is 1.89. The molecule has 6 heteroatoms. The minimum atomic E-state index is -1.87. The van der Waals surface area contributed by atoms with E-state index in [2.05, 4.69) is 0 Å². The van der Waals surface area contributed by atoms with Crippen molar-refractivity contribution in [2.24, 2.45) is 0 Å². The Morgan fingerprint density at radius 1 is 0.900 bits per heavy atom. The highest BCUT2D eigenvalue weighted by molar-refractivity contribution is 6.35. The third kappa shape index (κ3) is 2.77. The first-order valence-corrected chi connectivity index (χ1v) is 6.31. The number of rotatable bonds is 2. The summed E-state index contributed by atoms with van der Waals surface area (Å²) >= 11 is 11.5. The molecule has 0 amide bonds. The molecule has 0 aliphatic carbocycles. The minimum absolute atomic E-state index is 0.00827.